The van der Waals surface area contributed by atoms with Crippen molar-refractivity contribution in [2.75, 3.05) is 26.2 Å². The van der Waals surface area contributed by atoms with Crippen LogP contribution >= 0.6 is 0 Å². The predicted molar refractivity (Wildman–Crippen MR) is 105 cm³/mol. The van der Waals surface area contributed by atoms with Crippen molar-refractivity contribution < 1.29 is 27.5 Å². The molecule has 4 nitrogen and oxygen atoms in total. The van der Waals surface area contributed by atoms with Crippen molar-refractivity contribution in [1.82, 2.24) is 4.90 Å². The summed E-state index contributed by atoms with van der Waals surface area (Å²) in [5.41, 5.74) is 1.01. The molecule has 0 aliphatic carbocycles. The fraction of sp³-hybridized carbons (Fsp3) is 0.391. The van der Waals surface area contributed by atoms with Gasteiger partial charge in [-0.3, -0.25) is 9.59 Å². The third-order valence-electron chi connectivity index (χ3n) is 5.80. The van der Waals surface area contributed by atoms with Crippen LogP contribution in [0.15, 0.2) is 42.5 Å². The molecule has 0 radical (unpaired) electrons. The zero-order chi connectivity index (χ0) is 21.3. The third kappa shape index (κ3) is 4.41. The summed E-state index contributed by atoms with van der Waals surface area (Å²) in [5, 5.41) is 0. The molecule has 2 aromatic carbocycles. The van der Waals surface area contributed by atoms with E-state index < -0.39 is 11.7 Å². The minimum atomic E-state index is -4.35. The van der Waals surface area contributed by atoms with Gasteiger partial charge >= 0.3 is 6.18 Å². The van der Waals surface area contributed by atoms with Gasteiger partial charge in [0.25, 0.3) is 0 Å². The van der Waals surface area contributed by atoms with Crippen LogP contribution in [0.4, 0.5) is 13.2 Å². The monoisotopic (exact) mass is 417 g/mol. The van der Waals surface area contributed by atoms with E-state index in [0.717, 1.165) is 19.0 Å². The van der Waals surface area contributed by atoms with Crippen LogP contribution < -0.4 is 4.74 Å². The van der Waals surface area contributed by atoms with Gasteiger partial charge in [0.05, 0.1) is 17.7 Å². The van der Waals surface area contributed by atoms with Crippen LogP contribution in [0.3, 0.4) is 0 Å². The summed E-state index contributed by atoms with van der Waals surface area (Å²) in [6.07, 6.45) is -2.97. The quantitative estimate of drug-likeness (QED) is 0.660. The first-order chi connectivity index (χ1) is 14.3. The number of fused-ring (bicyclic) bond motifs is 1. The fourth-order valence-electron chi connectivity index (χ4n) is 4.12. The average molecular weight is 417 g/mol. The minimum absolute atomic E-state index is 0.0191. The zero-order valence-electron chi connectivity index (χ0n) is 16.4. The number of benzene rings is 2. The smallest absolute Gasteiger partial charge is 0.416 e. The first-order valence-electron chi connectivity index (χ1n) is 10.0. The van der Waals surface area contributed by atoms with Crippen molar-refractivity contribution >= 4 is 11.6 Å². The molecule has 1 unspecified atom stereocenters. The van der Waals surface area contributed by atoms with Gasteiger partial charge in [-0.25, -0.2) is 0 Å². The van der Waals surface area contributed by atoms with Crippen molar-refractivity contribution in [2.24, 2.45) is 0 Å². The molecule has 0 amide bonds. The molecule has 4 rings (SSSR count). The number of likely N-dealkylation sites (tertiary alicyclic amines) is 1. The number of carbonyl (C=O) groups excluding carboxylic acids is 2. The van der Waals surface area contributed by atoms with Crippen LogP contribution in [0.2, 0.25) is 0 Å². The summed E-state index contributed by atoms with van der Waals surface area (Å²) in [4.78, 5) is 26.7. The van der Waals surface area contributed by atoms with Crippen LogP contribution in [0.25, 0.3) is 0 Å². The van der Waals surface area contributed by atoms with Crippen LogP contribution in [0, 0.1) is 0 Å². The molecule has 1 atom stereocenters. The molecule has 158 valence electrons. The first-order valence-corrected chi connectivity index (χ1v) is 10.0. The third-order valence-corrected chi connectivity index (χ3v) is 5.80. The Kier molecular flexibility index (Phi) is 5.64. The summed E-state index contributed by atoms with van der Waals surface area (Å²) in [5.74, 6) is 0.472. The lowest BCUT2D eigenvalue weighted by atomic mass is 9.96. The molecule has 0 N–H and O–H groups in total. The van der Waals surface area contributed by atoms with Gasteiger partial charge in [-0.2, -0.15) is 13.2 Å². The minimum Gasteiger partial charge on any atom is -0.492 e. The second-order valence-corrected chi connectivity index (χ2v) is 7.82. The van der Waals surface area contributed by atoms with E-state index in [4.69, 9.17) is 4.74 Å². The second-order valence-electron chi connectivity index (χ2n) is 7.82. The zero-order valence-corrected chi connectivity index (χ0v) is 16.4. The van der Waals surface area contributed by atoms with E-state index in [1.54, 1.807) is 24.3 Å². The summed E-state index contributed by atoms with van der Waals surface area (Å²) < 4.78 is 44.3. The molecular formula is C23H22F3NO3. The van der Waals surface area contributed by atoms with Crippen molar-refractivity contribution in [3.05, 3.63) is 64.7 Å². The highest BCUT2D eigenvalue weighted by molar-refractivity contribution is 6.03. The lowest BCUT2D eigenvalue weighted by Gasteiger charge is -2.18. The van der Waals surface area contributed by atoms with Crippen LogP contribution in [-0.2, 0) is 6.18 Å². The Morgan fingerprint density at radius 2 is 2.00 bits per heavy atom. The Morgan fingerprint density at radius 1 is 1.17 bits per heavy atom. The molecule has 0 aromatic heterocycles. The maximum absolute atomic E-state index is 13.0. The molecule has 2 aliphatic heterocycles. The highest BCUT2D eigenvalue weighted by Gasteiger charge is 2.32. The average Bonchev–Trinajstić information content (AvgIpc) is 3.21. The molecule has 1 saturated heterocycles. The van der Waals surface area contributed by atoms with Crippen molar-refractivity contribution in [3.63, 3.8) is 0 Å². The molecule has 2 heterocycles. The number of hydrogen-bond donors (Lipinski definition) is 0. The molecule has 0 bridgehead atoms. The van der Waals surface area contributed by atoms with Gasteiger partial charge in [0.15, 0.2) is 11.6 Å². The predicted octanol–water partition coefficient (Wildman–Crippen LogP) is 4.73. The van der Waals surface area contributed by atoms with E-state index in [9.17, 15) is 22.8 Å². The molecule has 0 spiro atoms. The number of halogens is 3. The molecular weight excluding hydrogens is 395 g/mol. The maximum Gasteiger partial charge on any atom is 0.416 e. The number of ether oxygens (including phenoxy) is 1. The van der Waals surface area contributed by atoms with E-state index in [-0.39, 0.29) is 17.5 Å². The van der Waals surface area contributed by atoms with Crippen molar-refractivity contribution in [1.29, 1.82) is 0 Å². The van der Waals surface area contributed by atoms with Crippen LogP contribution in [0.5, 0.6) is 5.75 Å². The number of Topliss-reactive ketones (excluding diaryl/α,β-unsaturated/α-hetero) is 2. The SMILES string of the molecule is O=C(CCN1CCC(c2cccc(C(F)(F)F)c2)C1)c1ccc2c(c1)C(=O)CCO2. The Hall–Kier alpha value is -2.67. The number of alkyl halides is 3. The number of ketones is 2. The molecule has 1 fully saturated rings. The lowest BCUT2D eigenvalue weighted by Crippen LogP contribution is -2.24. The van der Waals surface area contributed by atoms with Gasteiger partial charge in [0.2, 0.25) is 0 Å². The van der Waals surface area contributed by atoms with E-state index in [0.29, 0.717) is 55.0 Å². The number of carbonyl (C=O) groups is 2. The molecule has 30 heavy (non-hydrogen) atoms. The van der Waals surface area contributed by atoms with E-state index in [2.05, 4.69) is 4.90 Å². The highest BCUT2D eigenvalue weighted by Crippen LogP contribution is 2.34. The standard InChI is InChI=1S/C23H22F3NO3/c24-23(25,26)18-3-1-2-15(12-18)17-6-9-27(14-17)10-7-20(28)16-4-5-22-19(13-16)21(29)8-11-30-22/h1-5,12-13,17H,6-11,14H2. The van der Waals surface area contributed by atoms with E-state index in [1.807, 2.05) is 0 Å². The van der Waals surface area contributed by atoms with Crippen LogP contribution in [0.1, 0.15) is 57.0 Å². The fourth-order valence-corrected chi connectivity index (χ4v) is 4.12. The van der Waals surface area contributed by atoms with Gasteiger partial charge < -0.3 is 9.64 Å². The van der Waals surface area contributed by atoms with E-state index in [1.165, 1.54) is 12.1 Å². The van der Waals surface area contributed by atoms with E-state index >= 15 is 0 Å². The summed E-state index contributed by atoms with van der Waals surface area (Å²) in [6, 6.07) is 10.4. The normalized spacial score (nSPS) is 19.4. The summed E-state index contributed by atoms with van der Waals surface area (Å²) in [6.45, 7) is 2.27. The Bertz CT molecular complexity index is 970. The molecule has 2 aliphatic rings. The number of hydrogen-bond acceptors (Lipinski definition) is 4. The van der Waals surface area contributed by atoms with Gasteiger partial charge in [-0.15, -0.1) is 0 Å². The topological polar surface area (TPSA) is 46.6 Å². The molecule has 0 saturated carbocycles. The Morgan fingerprint density at radius 3 is 2.80 bits per heavy atom. The number of nitrogens with zero attached hydrogens (tertiary/aromatic N) is 1. The summed E-state index contributed by atoms with van der Waals surface area (Å²) in [7, 11) is 0. The van der Waals surface area contributed by atoms with Crippen LogP contribution in [-0.4, -0.2) is 42.7 Å². The second kappa shape index (κ2) is 8.22. The highest BCUT2D eigenvalue weighted by atomic mass is 19.4. The molecule has 2 aromatic rings. The van der Waals surface area contributed by atoms with Gasteiger partial charge in [0.1, 0.15) is 5.75 Å². The van der Waals surface area contributed by atoms with Crippen molar-refractivity contribution in [3.8, 4) is 5.75 Å². The molecule has 7 heteroatoms. The van der Waals surface area contributed by atoms with Gasteiger partial charge in [-0.05, 0) is 48.7 Å². The first kappa shape index (κ1) is 20.6. The summed E-state index contributed by atoms with van der Waals surface area (Å²) >= 11 is 0. The Labute approximate surface area is 172 Å². The van der Waals surface area contributed by atoms with Gasteiger partial charge in [0, 0.05) is 31.5 Å². The van der Waals surface area contributed by atoms with Crippen molar-refractivity contribution in [2.45, 2.75) is 31.4 Å². The number of rotatable bonds is 5. The Balaban J connectivity index is 1.35. The van der Waals surface area contributed by atoms with Gasteiger partial charge in [-0.1, -0.05) is 18.2 Å². The maximum atomic E-state index is 13.0. The lowest BCUT2D eigenvalue weighted by molar-refractivity contribution is -0.137. The largest absolute Gasteiger partial charge is 0.492 e.